The van der Waals surface area contributed by atoms with Gasteiger partial charge < -0.3 is 4.90 Å². The van der Waals surface area contributed by atoms with Crippen molar-refractivity contribution < 1.29 is 13.2 Å². The molecule has 4 rings (SSSR count). The van der Waals surface area contributed by atoms with Crippen molar-refractivity contribution in [3.05, 3.63) is 76.5 Å². The topological polar surface area (TPSA) is 66.5 Å². The Morgan fingerprint density at radius 3 is 2.52 bits per heavy atom. The van der Waals surface area contributed by atoms with Crippen LogP contribution in [-0.4, -0.2) is 20.9 Å². The Kier molecular flexibility index (Phi) is 5.38. The van der Waals surface area contributed by atoms with Crippen molar-refractivity contribution in [3.63, 3.8) is 0 Å². The van der Waals surface area contributed by atoms with Gasteiger partial charge in [-0.2, -0.15) is 0 Å². The molecule has 1 amide bonds. The lowest BCUT2D eigenvalue weighted by Crippen LogP contribution is -2.23. The van der Waals surface area contributed by atoms with Gasteiger partial charge >= 0.3 is 0 Å². The fourth-order valence-corrected chi connectivity index (χ4v) is 4.70. The van der Waals surface area contributed by atoms with Crippen molar-refractivity contribution in [1.29, 1.82) is 0 Å². The minimum absolute atomic E-state index is 0.0687. The summed E-state index contributed by atoms with van der Waals surface area (Å²) in [7, 11) is -3.74. The Morgan fingerprint density at radius 1 is 1.00 bits per heavy atom. The average molecular weight is 423 g/mol. The lowest BCUT2D eigenvalue weighted by atomic mass is 10.2. The van der Waals surface area contributed by atoms with Crippen molar-refractivity contribution in [2.75, 3.05) is 16.2 Å². The Bertz CT molecular complexity index is 1190. The second kappa shape index (κ2) is 8.11. The molecule has 1 N–H and O–H groups in total. The van der Waals surface area contributed by atoms with Gasteiger partial charge in [-0.25, -0.2) is 8.42 Å². The van der Waals surface area contributed by atoms with Gasteiger partial charge in [0.15, 0.2) is 0 Å². The molecule has 0 unspecified atom stereocenters. The van der Waals surface area contributed by atoms with Gasteiger partial charge in [-0.1, -0.05) is 24.0 Å². The lowest BCUT2D eigenvalue weighted by molar-refractivity contribution is -0.117. The SMILES string of the molecule is O=C1CCCN1c1ccc(S(=O)(=O)Nc2cccc(C#Cc3cccs3)c2)cc1. The molecule has 2 aromatic carbocycles. The van der Waals surface area contributed by atoms with E-state index >= 15 is 0 Å². The van der Waals surface area contributed by atoms with Crippen LogP contribution in [-0.2, 0) is 14.8 Å². The van der Waals surface area contributed by atoms with E-state index in [0.717, 1.165) is 22.5 Å². The lowest BCUT2D eigenvalue weighted by Gasteiger charge is -2.16. The third kappa shape index (κ3) is 4.50. The number of amides is 1. The smallest absolute Gasteiger partial charge is 0.261 e. The number of thiophene rings is 1. The summed E-state index contributed by atoms with van der Waals surface area (Å²) in [5.74, 6) is 6.17. The molecule has 1 aromatic heterocycles. The summed E-state index contributed by atoms with van der Waals surface area (Å²) in [6, 6.07) is 17.2. The molecule has 0 atom stereocenters. The molecule has 5 nitrogen and oxygen atoms in total. The molecule has 7 heteroatoms. The zero-order valence-corrected chi connectivity index (χ0v) is 17.1. The molecule has 0 bridgehead atoms. The van der Waals surface area contributed by atoms with Crippen LogP contribution >= 0.6 is 11.3 Å². The number of sulfonamides is 1. The van der Waals surface area contributed by atoms with E-state index < -0.39 is 10.0 Å². The molecule has 2 heterocycles. The van der Waals surface area contributed by atoms with Crippen LogP contribution in [0.5, 0.6) is 0 Å². The van der Waals surface area contributed by atoms with E-state index in [1.807, 2.05) is 23.6 Å². The Hall–Kier alpha value is -3.08. The van der Waals surface area contributed by atoms with E-state index in [9.17, 15) is 13.2 Å². The predicted octanol–water partition coefficient (Wildman–Crippen LogP) is 4.08. The minimum atomic E-state index is -3.74. The van der Waals surface area contributed by atoms with E-state index in [0.29, 0.717) is 18.7 Å². The Balaban J connectivity index is 1.51. The van der Waals surface area contributed by atoms with Crippen LogP contribution in [0.15, 0.2) is 70.9 Å². The van der Waals surface area contributed by atoms with Crippen LogP contribution in [0.2, 0.25) is 0 Å². The summed E-state index contributed by atoms with van der Waals surface area (Å²) in [6.07, 6.45) is 1.36. The van der Waals surface area contributed by atoms with Crippen LogP contribution in [0.4, 0.5) is 11.4 Å². The summed E-state index contributed by atoms with van der Waals surface area (Å²) < 4.78 is 28.0. The molecule has 29 heavy (non-hydrogen) atoms. The number of carbonyl (C=O) groups is 1. The molecule has 146 valence electrons. The summed E-state index contributed by atoms with van der Waals surface area (Å²) >= 11 is 1.55. The summed E-state index contributed by atoms with van der Waals surface area (Å²) in [5, 5.41) is 1.96. The molecule has 3 aromatic rings. The van der Waals surface area contributed by atoms with Crippen LogP contribution in [0.1, 0.15) is 23.3 Å². The number of nitrogens with one attached hydrogen (secondary N) is 1. The summed E-state index contributed by atoms with van der Waals surface area (Å²) in [6.45, 7) is 0.669. The average Bonchev–Trinajstić information content (AvgIpc) is 3.38. The second-order valence-corrected chi connectivity index (χ2v) is 9.19. The number of anilines is 2. The number of benzene rings is 2. The highest BCUT2D eigenvalue weighted by molar-refractivity contribution is 7.92. The quantitative estimate of drug-likeness (QED) is 0.645. The first-order valence-electron chi connectivity index (χ1n) is 9.10. The van der Waals surface area contributed by atoms with Gasteiger partial charge in [0.1, 0.15) is 0 Å². The first kappa shape index (κ1) is 19.2. The fraction of sp³-hybridized carbons (Fsp3) is 0.136. The number of hydrogen-bond donors (Lipinski definition) is 1. The van der Waals surface area contributed by atoms with Crippen molar-refractivity contribution >= 4 is 38.6 Å². The van der Waals surface area contributed by atoms with Gasteiger partial charge in [0.2, 0.25) is 5.91 Å². The zero-order valence-electron chi connectivity index (χ0n) is 15.5. The monoisotopic (exact) mass is 422 g/mol. The van der Waals surface area contributed by atoms with Crippen molar-refractivity contribution in [3.8, 4) is 11.8 Å². The number of rotatable bonds is 4. The standard InChI is InChI=1S/C22H18N2O3S2/c25-22-7-2-14-24(22)19-9-12-21(13-10-19)29(26,27)23-18-5-1-4-17(16-18)8-11-20-6-3-15-28-20/h1,3-6,9-10,12-13,15-16,23H,2,7,14H2. The molecule has 0 aliphatic carbocycles. The van der Waals surface area contributed by atoms with Gasteiger partial charge in [-0.05, 0) is 60.3 Å². The highest BCUT2D eigenvalue weighted by Crippen LogP contribution is 2.24. The van der Waals surface area contributed by atoms with Crippen LogP contribution in [0, 0.1) is 11.8 Å². The highest BCUT2D eigenvalue weighted by atomic mass is 32.2. The summed E-state index contributed by atoms with van der Waals surface area (Å²) in [5.41, 5.74) is 1.89. The third-order valence-corrected chi connectivity index (χ3v) is 6.68. The Labute approximate surface area is 174 Å². The Morgan fingerprint density at radius 2 is 1.83 bits per heavy atom. The van der Waals surface area contributed by atoms with Crippen LogP contribution < -0.4 is 9.62 Å². The number of nitrogens with zero attached hydrogens (tertiary/aromatic N) is 1. The van der Waals surface area contributed by atoms with Gasteiger partial charge in [0, 0.05) is 24.2 Å². The van der Waals surface area contributed by atoms with E-state index in [2.05, 4.69) is 16.6 Å². The fourth-order valence-electron chi connectivity index (χ4n) is 3.08. The largest absolute Gasteiger partial charge is 0.312 e. The van der Waals surface area contributed by atoms with Gasteiger partial charge in [-0.3, -0.25) is 9.52 Å². The first-order valence-corrected chi connectivity index (χ1v) is 11.5. The molecular formula is C22H18N2O3S2. The first-order chi connectivity index (χ1) is 14.0. The maximum Gasteiger partial charge on any atom is 0.261 e. The van der Waals surface area contributed by atoms with Crippen molar-refractivity contribution in [1.82, 2.24) is 0 Å². The second-order valence-electron chi connectivity index (χ2n) is 6.56. The maximum absolute atomic E-state index is 12.7. The molecule has 0 radical (unpaired) electrons. The van der Waals surface area contributed by atoms with Gasteiger partial charge in [-0.15, -0.1) is 11.3 Å². The predicted molar refractivity (Wildman–Crippen MR) is 116 cm³/mol. The highest BCUT2D eigenvalue weighted by Gasteiger charge is 2.22. The summed E-state index contributed by atoms with van der Waals surface area (Å²) in [4.78, 5) is 14.6. The maximum atomic E-state index is 12.7. The van der Waals surface area contributed by atoms with Crippen molar-refractivity contribution in [2.24, 2.45) is 0 Å². The molecule has 1 aliphatic rings. The normalized spacial score (nSPS) is 13.8. The zero-order chi connectivity index (χ0) is 20.3. The van der Waals surface area contributed by atoms with Crippen molar-refractivity contribution in [2.45, 2.75) is 17.7 Å². The molecule has 1 fully saturated rings. The van der Waals surface area contributed by atoms with E-state index in [4.69, 9.17) is 0 Å². The number of carbonyl (C=O) groups excluding carboxylic acids is 1. The van der Waals surface area contributed by atoms with E-state index in [-0.39, 0.29) is 10.8 Å². The van der Waals surface area contributed by atoms with Gasteiger partial charge in [0.05, 0.1) is 15.5 Å². The number of hydrogen-bond acceptors (Lipinski definition) is 4. The van der Waals surface area contributed by atoms with Crippen LogP contribution in [0.3, 0.4) is 0 Å². The van der Waals surface area contributed by atoms with E-state index in [1.165, 1.54) is 12.1 Å². The third-order valence-electron chi connectivity index (χ3n) is 4.50. The van der Waals surface area contributed by atoms with Crippen LogP contribution in [0.25, 0.3) is 0 Å². The van der Waals surface area contributed by atoms with E-state index in [1.54, 1.807) is 46.6 Å². The minimum Gasteiger partial charge on any atom is -0.312 e. The van der Waals surface area contributed by atoms with Gasteiger partial charge in [0.25, 0.3) is 10.0 Å². The molecule has 0 spiro atoms. The molecule has 0 saturated carbocycles. The molecule has 1 saturated heterocycles. The molecular weight excluding hydrogens is 404 g/mol. The molecule has 1 aliphatic heterocycles.